The molecule has 1 aromatic rings. The van der Waals surface area contributed by atoms with Crippen LogP contribution in [0.4, 0.5) is 0 Å². The molecule has 7 heteroatoms. The monoisotopic (exact) mass is 478 g/mol. The molecule has 1 aromatic carbocycles. The summed E-state index contributed by atoms with van der Waals surface area (Å²) in [6.07, 6.45) is 3.07. The van der Waals surface area contributed by atoms with E-state index in [-0.39, 0.29) is 36.4 Å². The largest absolute Gasteiger partial charge is 0.354 e. The van der Waals surface area contributed by atoms with E-state index in [0.29, 0.717) is 18.5 Å². The minimum absolute atomic E-state index is 0. The number of rotatable bonds is 7. The molecule has 0 spiro atoms. The summed E-state index contributed by atoms with van der Waals surface area (Å²) in [6, 6.07) is 6.70. The molecule has 142 valence electrons. The number of nitrogens with zero attached hydrogens (tertiary/aromatic N) is 2. The van der Waals surface area contributed by atoms with E-state index in [2.05, 4.69) is 60.9 Å². The van der Waals surface area contributed by atoms with Crippen molar-refractivity contribution in [2.75, 3.05) is 26.9 Å². The molecule has 1 atom stereocenters. The first kappa shape index (κ1) is 24.0. The lowest BCUT2D eigenvalue weighted by Gasteiger charge is -2.18. The molecule has 1 rings (SSSR count). The van der Waals surface area contributed by atoms with Crippen molar-refractivity contribution in [3.8, 4) is 0 Å². The first-order valence-electron chi connectivity index (χ1n) is 8.25. The van der Waals surface area contributed by atoms with E-state index in [1.807, 2.05) is 0 Å². The van der Waals surface area contributed by atoms with Crippen LogP contribution in [0.5, 0.6) is 0 Å². The number of likely N-dealkylation sites (N-methyl/N-ethyl adjacent to an activating group) is 1. The number of halogens is 1. The van der Waals surface area contributed by atoms with E-state index >= 15 is 0 Å². The van der Waals surface area contributed by atoms with Crippen molar-refractivity contribution >= 4 is 47.6 Å². The second-order valence-electron chi connectivity index (χ2n) is 6.08. The Morgan fingerprint density at radius 2 is 2.04 bits per heavy atom. The summed E-state index contributed by atoms with van der Waals surface area (Å²) >= 11 is 1.73. The third-order valence-electron chi connectivity index (χ3n) is 3.75. The molecule has 0 radical (unpaired) electrons. The predicted molar refractivity (Wildman–Crippen MR) is 119 cm³/mol. The average molecular weight is 478 g/mol. The van der Waals surface area contributed by atoms with Crippen LogP contribution in [0.3, 0.4) is 0 Å². The number of nitrogens with one attached hydrogen (secondary N) is 2. The van der Waals surface area contributed by atoms with E-state index in [0.717, 1.165) is 6.42 Å². The molecule has 2 N–H and O–H groups in total. The number of benzene rings is 1. The fraction of sp³-hybridized carbons (Fsp3) is 0.556. The third-order valence-corrected chi connectivity index (χ3v) is 4.57. The Morgan fingerprint density at radius 1 is 1.36 bits per heavy atom. The van der Waals surface area contributed by atoms with Crippen molar-refractivity contribution in [2.45, 2.75) is 44.7 Å². The van der Waals surface area contributed by atoms with Crippen LogP contribution in [-0.2, 0) is 11.3 Å². The van der Waals surface area contributed by atoms with Gasteiger partial charge in [0.15, 0.2) is 5.96 Å². The highest BCUT2D eigenvalue weighted by atomic mass is 127. The number of aliphatic imine (C=N–C) groups is 1. The molecule has 0 aromatic heterocycles. The zero-order chi connectivity index (χ0) is 18.1. The molecule has 1 amide bonds. The van der Waals surface area contributed by atoms with Crippen LogP contribution < -0.4 is 10.6 Å². The summed E-state index contributed by atoms with van der Waals surface area (Å²) in [7, 11) is 3.50. The Labute approximate surface area is 173 Å². The van der Waals surface area contributed by atoms with Gasteiger partial charge in [-0.2, -0.15) is 0 Å². The Hall–Kier alpha value is -0.960. The number of thioether (sulfide) groups is 1. The van der Waals surface area contributed by atoms with E-state index in [4.69, 9.17) is 0 Å². The normalized spacial score (nSPS) is 12.2. The molecule has 25 heavy (non-hydrogen) atoms. The summed E-state index contributed by atoms with van der Waals surface area (Å²) in [6.45, 7) is 7.13. The minimum atomic E-state index is 0. The predicted octanol–water partition coefficient (Wildman–Crippen LogP) is 3.26. The van der Waals surface area contributed by atoms with E-state index < -0.39 is 0 Å². The van der Waals surface area contributed by atoms with Crippen molar-refractivity contribution in [3.05, 3.63) is 29.3 Å². The summed E-state index contributed by atoms with van der Waals surface area (Å²) in [5.74, 6) is 0.695. The molecule has 5 nitrogen and oxygen atoms in total. The molecule has 0 saturated carbocycles. The van der Waals surface area contributed by atoms with Crippen LogP contribution in [0.2, 0.25) is 0 Å². The maximum absolute atomic E-state index is 11.8. The number of guanidine groups is 1. The molecule has 1 unspecified atom stereocenters. The van der Waals surface area contributed by atoms with Crippen LogP contribution in [0.1, 0.15) is 31.4 Å². The first-order chi connectivity index (χ1) is 11.4. The summed E-state index contributed by atoms with van der Waals surface area (Å²) < 4.78 is 0. The maximum Gasteiger partial charge on any atom is 0.241 e. The molecule has 0 aliphatic heterocycles. The lowest BCUT2D eigenvalue weighted by atomic mass is 10.1. The molecular weight excluding hydrogens is 447 g/mol. The van der Waals surface area contributed by atoms with Gasteiger partial charge in [-0.15, -0.1) is 35.7 Å². The van der Waals surface area contributed by atoms with Crippen LogP contribution in [0, 0.1) is 6.92 Å². The van der Waals surface area contributed by atoms with E-state index in [1.54, 1.807) is 30.8 Å². The Balaban J connectivity index is 0.00000576. The summed E-state index contributed by atoms with van der Waals surface area (Å²) in [5, 5.41) is 6.47. The van der Waals surface area contributed by atoms with Gasteiger partial charge in [-0.3, -0.25) is 4.79 Å². The molecule has 0 aliphatic rings. The summed E-state index contributed by atoms with van der Waals surface area (Å²) in [5.41, 5.74) is 2.44. The molecular formula is C18H31IN4OS. The minimum Gasteiger partial charge on any atom is -0.354 e. The van der Waals surface area contributed by atoms with Gasteiger partial charge >= 0.3 is 0 Å². The SMILES string of the molecule is CCC(C)NC(=NCc1ccc(C)cc1SC)NCC(=O)N(C)C.I. The van der Waals surface area contributed by atoms with Crippen molar-refractivity contribution < 1.29 is 4.79 Å². The van der Waals surface area contributed by atoms with Crippen molar-refractivity contribution in [1.29, 1.82) is 0 Å². The Bertz CT molecular complexity index is 578. The lowest BCUT2D eigenvalue weighted by molar-refractivity contribution is -0.127. The van der Waals surface area contributed by atoms with Gasteiger partial charge in [0.1, 0.15) is 0 Å². The van der Waals surface area contributed by atoms with Crippen molar-refractivity contribution in [2.24, 2.45) is 4.99 Å². The van der Waals surface area contributed by atoms with Gasteiger partial charge in [0.25, 0.3) is 0 Å². The fourth-order valence-electron chi connectivity index (χ4n) is 1.95. The highest BCUT2D eigenvalue weighted by molar-refractivity contribution is 14.0. The highest BCUT2D eigenvalue weighted by Gasteiger charge is 2.09. The van der Waals surface area contributed by atoms with Gasteiger partial charge in [-0.05, 0) is 43.7 Å². The molecule has 0 saturated heterocycles. The van der Waals surface area contributed by atoms with Gasteiger partial charge in [0.2, 0.25) is 5.91 Å². The van der Waals surface area contributed by atoms with Gasteiger partial charge in [-0.25, -0.2) is 4.99 Å². The van der Waals surface area contributed by atoms with Gasteiger partial charge in [-0.1, -0.05) is 19.1 Å². The average Bonchev–Trinajstić information content (AvgIpc) is 2.57. The number of amides is 1. The highest BCUT2D eigenvalue weighted by Crippen LogP contribution is 2.22. The topological polar surface area (TPSA) is 56.7 Å². The van der Waals surface area contributed by atoms with Gasteiger partial charge in [0.05, 0.1) is 13.1 Å². The van der Waals surface area contributed by atoms with Crippen molar-refractivity contribution in [3.63, 3.8) is 0 Å². The number of carbonyl (C=O) groups is 1. The first-order valence-corrected chi connectivity index (χ1v) is 9.48. The lowest BCUT2D eigenvalue weighted by Crippen LogP contribution is -2.45. The quantitative estimate of drug-likeness (QED) is 0.274. The third kappa shape index (κ3) is 8.80. The van der Waals surface area contributed by atoms with Crippen LogP contribution in [0.25, 0.3) is 0 Å². The summed E-state index contributed by atoms with van der Waals surface area (Å²) in [4.78, 5) is 19.3. The Kier molecular flexibility index (Phi) is 11.9. The van der Waals surface area contributed by atoms with Gasteiger partial charge < -0.3 is 15.5 Å². The number of carbonyl (C=O) groups excluding carboxylic acids is 1. The number of hydrogen-bond acceptors (Lipinski definition) is 3. The van der Waals surface area contributed by atoms with Crippen LogP contribution >= 0.6 is 35.7 Å². The van der Waals surface area contributed by atoms with Gasteiger partial charge in [0, 0.05) is 25.0 Å². The smallest absolute Gasteiger partial charge is 0.241 e. The molecule has 0 bridgehead atoms. The standard InChI is InChI=1S/C18H30N4OS.HI/c1-7-14(3)21-18(20-12-17(23)22(4)5)19-11-15-9-8-13(2)10-16(15)24-6;/h8-10,14H,7,11-12H2,1-6H3,(H2,19,20,21);1H. The number of hydrogen-bond donors (Lipinski definition) is 2. The van der Waals surface area contributed by atoms with E-state index in [9.17, 15) is 4.79 Å². The van der Waals surface area contributed by atoms with E-state index in [1.165, 1.54) is 16.0 Å². The molecule has 0 aliphatic carbocycles. The van der Waals surface area contributed by atoms with Crippen molar-refractivity contribution in [1.82, 2.24) is 15.5 Å². The zero-order valence-corrected chi connectivity index (χ0v) is 19.2. The number of aryl methyl sites for hydroxylation is 1. The zero-order valence-electron chi connectivity index (χ0n) is 16.0. The second-order valence-corrected chi connectivity index (χ2v) is 6.92. The second kappa shape index (κ2) is 12.4. The maximum atomic E-state index is 11.8. The Morgan fingerprint density at radius 3 is 2.60 bits per heavy atom. The molecule has 0 fully saturated rings. The van der Waals surface area contributed by atoms with Crippen LogP contribution in [-0.4, -0.2) is 49.7 Å². The molecule has 0 heterocycles. The fourth-order valence-corrected chi connectivity index (χ4v) is 2.65. The van der Waals surface area contributed by atoms with Crippen LogP contribution in [0.15, 0.2) is 28.1 Å².